The van der Waals surface area contributed by atoms with Gasteiger partial charge in [0.15, 0.2) is 0 Å². The number of rotatable bonds is 8. The number of carbonyl (C=O) groups is 2. The van der Waals surface area contributed by atoms with Gasteiger partial charge in [-0.2, -0.15) is 0 Å². The average Bonchev–Trinajstić information content (AvgIpc) is 2.65. The molecule has 5 nitrogen and oxygen atoms in total. The smallest absolute Gasteiger partial charge is 0.234 e. The minimum atomic E-state index is -0.196. The number of aryl methyl sites for hydroxylation is 1. The second kappa shape index (κ2) is 10.2. The van der Waals surface area contributed by atoms with Gasteiger partial charge < -0.3 is 15.0 Å². The van der Waals surface area contributed by atoms with Gasteiger partial charge in [-0.1, -0.05) is 41.9 Å². The molecule has 2 rings (SSSR count). The zero-order chi connectivity index (χ0) is 19.8. The first-order valence-electron chi connectivity index (χ1n) is 8.40. The van der Waals surface area contributed by atoms with Crippen LogP contribution in [-0.2, 0) is 16.1 Å². The zero-order valence-corrected chi connectivity index (χ0v) is 17.2. The van der Waals surface area contributed by atoms with Crippen LogP contribution in [0.25, 0.3) is 0 Å². The molecule has 2 amide bonds. The quantitative estimate of drug-likeness (QED) is 0.720. The number of halogens is 1. The van der Waals surface area contributed by atoms with Crippen LogP contribution in [0, 0.1) is 6.92 Å². The second-order valence-corrected chi connectivity index (χ2v) is 7.47. The highest BCUT2D eigenvalue weighted by Crippen LogP contribution is 2.31. The van der Waals surface area contributed by atoms with Crippen molar-refractivity contribution in [1.82, 2.24) is 4.90 Å². The number of nitrogens with zero attached hydrogens (tertiary/aromatic N) is 1. The fraction of sp³-hybridized carbons (Fsp3) is 0.300. The minimum absolute atomic E-state index is 0.0171. The lowest BCUT2D eigenvalue weighted by Gasteiger charge is -2.17. The van der Waals surface area contributed by atoms with E-state index in [0.29, 0.717) is 23.0 Å². The summed E-state index contributed by atoms with van der Waals surface area (Å²) in [6.07, 6.45) is 0. The summed E-state index contributed by atoms with van der Waals surface area (Å²) in [5, 5.41) is 3.38. The number of hydrogen-bond acceptors (Lipinski definition) is 4. The first kappa shape index (κ1) is 21.1. The maximum Gasteiger partial charge on any atom is 0.234 e. The van der Waals surface area contributed by atoms with E-state index in [1.165, 1.54) is 18.9 Å². The molecule has 0 unspecified atom stereocenters. The van der Waals surface area contributed by atoms with E-state index in [-0.39, 0.29) is 23.3 Å². The van der Waals surface area contributed by atoms with Gasteiger partial charge in [0.2, 0.25) is 11.8 Å². The van der Waals surface area contributed by atoms with Crippen LogP contribution in [0.15, 0.2) is 42.5 Å². The van der Waals surface area contributed by atoms with Gasteiger partial charge in [0.1, 0.15) is 5.75 Å². The van der Waals surface area contributed by atoms with Crippen molar-refractivity contribution in [2.45, 2.75) is 13.5 Å². The van der Waals surface area contributed by atoms with Gasteiger partial charge >= 0.3 is 0 Å². The molecule has 2 aromatic rings. The van der Waals surface area contributed by atoms with Crippen LogP contribution < -0.4 is 10.1 Å². The van der Waals surface area contributed by atoms with Crippen molar-refractivity contribution in [3.05, 3.63) is 58.6 Å². The number of nitrogens with one attached hydrogen (secondary N) is 1. The molecule has 0 aromatic heterocycles. The van der Waals surface area contributed by atoms with Crippen LogP contribution in [0.1, 0.15) is 11.1 Å². The van der Waals surface area contributed by atoms with Crippen molar-refractivity contribution in [3.63, 3.8) is 0 Å². The molecular formula is C20H23ClN2O3S. The number of benzene rings is 2. The van der Waals surface area contributed by atoms with Crippen molar-refractivity contribution >= 4 is 40.9 Å². The maximum atomic E-state index is 12.2. The van der Waals surface area contributed by atoms with E-state index in [0.717, 1.165) is 11.1 Å². The molecule has 0 aliphatic rings. The first-order valence-corrected chi connectivity index (χ1v) is 9.93. The Morgan fingerprint density at radius 2 is 1.89 bits per heavy atom. The van der Waals surface area contributed by atoms with Gasteiger partial charge in [-0.3, -0.25) is 9.59 Å². The van der Waals surface area contributed by atoms with E-state index < -0.39 is 0 Å². The predicted molar refractivity (Wildman–Crippen MR) is 112 cm³/mol. The molecule has 0 spiro atoms. The van der Waals surface area contributed by atoms with E-state index in [1.807, 2.05) is 37.3 Å². The van der Waals surface area contributed by atoms with E-state index in [4.69, 9.17) is 16.3 Å². The number of anilines is 1. The summed E-state index contributed by atoms with van der Waals surface area (Å²) in [6, 6.07) is 13.2. The molecule has 0 aliphatic carbocycles. The molecule has 0 bridgehead atoms. The predicted octanol–water partition coefficient (Wildman–Crippen LogP) is 3.99. The Kier molecular flexibility index (Phi) is 8.00. The number of ether oxygens (including phenoxy) is 1. The first-order chi connectivity index (χ1) is 12.9. The summed E-state index contributed by atoms with van der Waals surface area (Å²) < 4.78 is 5.25. The third-order valence-corrected chi connectivity index (χ3v) is 5.23. The molecule has 27 heavy (non-hydrogen) atoms. The number of thioether (sulfide) groups is 1. The Hall–Kier alpha value is -2.18. The normalized spacial score (nSPS) is 10.4. The van der Waals surface area contributed by atoms with E-state index in [9.17, 15) is 9.59 Å². The number of methoxy groups -OCH3 is 1. The van der Waals surface area contributed by atoms with E-state index in [1.54, 1.807) is 24.1 Å². The highest BCUT2D eigenvalue weighted by atomic mass is 35.5. The van der Waals surface area contributed by atoms with Crippen LogP contribution in [0.4, 0.5) is 5.69 Å². The maximum absolute atomic E-state index is 12.2. The average molecular weight is 407 g/mol. The Bertz CT molecular complexity index is 799. The molecule has 2 aromatic carbocycles. The molecule has 144 valence electrons. The fourth-order valence-corrected chi connectivity index (χ4v) is 3.31. The summed E-state index contributed by atoms with van der Waals surface area (Å²) in [5.74, 6) is 0.709. The van der Waals surface area contributed by atoms with Gasteiger partial charge in [-0.15, -0.1) is 11.8 Å². The summed E-state index contributed by atoms with van der Waals surface area (Å²) in [5.41, 5.74) is 2.48. The molecule has 0 aliphatic heterocycles. The SMILES string of the molecule is COc1cc(Cl)c(C)cc1NC(=O)CSCC(=O)N(C)Cc1ccccc1. The summed E-state index contributed by atoms with van der Waals surface area (Å²) in [4.78, 5) is 26.0. The largest absolute Gasteiger partial charge is 0.495 e. The molecule has 1 N–H and O–H groups in total. The standard InChI is InChI=1S/C20H23ClN2O3S/c1-14-9-17(18(26-3)10-16(14)21)22-19(24)12-27-13-20(25)23(2)11-15-7-5-4-6-8-15/h4-10H,11-13H2,1-3H3,(H,22,24). The van der Waals surface area contributed by atoms with Crippen LogP contribution in [0.2, 0.25) is 5.02 Å². The summed E-state index contributed by atoms with van der Waals surface area (Å²) >= 11 is 7.35. The van der Waals surface area contributed by atoms with Gasteiger partial charge in [-0.25, -0.2) is 0 Å². The Labute approximate surface area is 169 Å². The van der Waals surface area contributed by atoms with Crippen LogP contribution in [0.3, 0.4) is 0 Å². The zero-order valence-electron chi connectivity index (χ0n) is 15.6. The third kappa shape index (κ3) is 6.48. The summed E-state index contributed by atoms with van der Waals surface area (Å²) in [6.45, 7) is 2.40. The third-order valence-electron chi connectivity index (χ3n) is 3.90. The molecule has 0 radical (unpaired) electrons. The number of hydrogen-bond donors (Lipinski definition) is 1. The molecule has 0 atom stereocenters. The lowest BCUT2D eigenvalue weighted by atomic mass is 10.2. The lowest BCUT2D eigenvalue weighted by Crippen LogP contribution is -2.28. The molecule has 0 saturated carbocycles. The topological polar surface area (TPSA) is 58.6 Å². The minimum Gasteiger partial charge on any atom is -0.495 e. The number of amides is 2. The lowest BCUT2D eigenvalue weighted by molar-refractivity contribution is -0.127. The van der Waals surface area contributed by atoms with Gasteiger partial charge in [0.05, 0.1) is 24.3 Å². The fourth-order valence-electron chi connectivity index (χ4n) is 2.40. The van der Waals surface area contributed by atoms with Crippen LogP contribution in [0.5, 0.6) is 5.75 Å². The van der Waals surface area contributed by atoms with Crippen molar-refractivity contribution < 1.29 is 14.3 Å². The molecule has 0 saturated heterocycles. The number of carbonyl (C=O) groups excluding carboxylic acids is 2. The molecule has 0 heterocycles. The van der Waals surface area contributed by atoms with Gasteiger partial charge in [0, 0.05) is 24.7 Å². The second-order valence-electron chi connectivity index (χ2n) is 6.08. The van der Waals surface area contributed by atoms with Crippen molar-refractivity contribution in [2.75, 3.05) is 31.0 Å². The van der Waals surface area contributed by atoms with Crippen molar-refractivity contribution in [1.29, 1.82) is 0 Å². The highest BCUT2D eigenvalue weighted by molar-refractivity contribution is 8.00. The molecular weight excluding hydrogens is 384 g/mol. The summed E-state index contributed by atoms with van der Waals surface area (Å²) in [7, 11) is 3.28. The van der Waals surface area contributed by atoms with E-state index in [2.05, 4.69) is 5.32 Å². The Balaban J connectivity index is 1.80. The monoisotopic (exact) mass is 406 g/mol. The van der Waals surface area contributed by atoms with Crippen molar-refractivity contribution in [3.8, 4) is 5.75 Å². The highest BCUT2D eigenvalue weighted by Gasteiger charge is 2.13. The van der Waals surface area contributed by atoms with Gasteiger partial charge in [-0.05, 0) is 24.1 Å². The molecule has 7 heteroatoms. The van der Waals surface area contributed by atoms with Gasteiger partial charge in [0.25, 0.3) is 0 Å². The molecule has 0 fully saturated rings. The Morgan fingerprint density at radius 3 is 2.56 bits per heavy atom. The Morgan fingerprint density at radius 1 is 1.19 bits per heavy atom. The van der Waals surface area contributed by atoms with E-state index >= 15 is 0 Å². The van der Waals surface area contributed by atoms with Crippen LogP contribution in [-0.4, -0.2) is 42.4 Å². The van der Waals surface area contributed by atoms with Crippen molar-refractivity contribution in [2.24, 2.45) is 0 Å². The van der Waals surface area contributed by atoms with Crippen LogP contribution >= 0.6 is 23.4 Å².